The number of halogens is 2. The molecule has 0 spiro atoms. The quantitative estimate of drug-likeness (QED) is 0.629. The van der Waals surface area contributed by atoms with Gasteiger partial charge in [0.05, 0.1) is 12.3 Å². The number of carbonyl (C=O) groups is 2. The fraction of sp³-hybridized carbons (Fsp3) is 0.588. The monoisotopic (exact) mass is 353 g/mol. The fourth-order valence-electron chi connectivity index (χ4n) is 3.14. The lowest BCUT2D eigenvalue weighted by atomic mass is 9.95. The van der Waals surface area contributed by atoms with Gasteiger partial charge in [-0.1, -0.05) is 0 Å². The van der Waals surface area contributed by atoms with Crippen LogP contribution in [0.5, 0.6) is 0 Å². The van der Waals surface area contributed by atoms with Gasteiger partial charge in [0.25, 0.3) is 5.95 Å². The summed E-state index contributed by atoms with van der Waals surface area (Å²) >= 11 is 0. The predicted octanol–water partition coefficient (Wildman–Crippen LogP) is 2.73. The van der Waals surface area contributed by atoms with Crippen molar-refractivity contribution in [1.29, 1.82) is 0 Å². The normalized spacial score (nSPS) is 18.9. The molecule has 1 fully saturated rings. The van der Waals surface area contributed by atoms with Crippen LogP contribution in [0.2, 0.25) is 0 Å². The number of rotatable bonds is 6. The SMILES string of the molecule is CCOC(=O)CCC1CN(C(C)=O)c2nc(F)c(F)c(NC3CC3)c21. The third-order valence-corrected chi connectivity index (χ3v) is 4.49. The van der Waals surface area contributed by atoms with Crippen LogP contribution in [0.15, 0.2) is 0 Å². The number of hydrogen-bond donors (Lipinski definition) is 1. The number of hydrogen-bond acceptors (Lipinski definition) is 5. The molecule has 0 aromatic carbocycles. The molecule has 1 aromatic rings. The molecule has 2 heterocycles. The van der Waals surface area contributed by atoms with E-state index < -0.39 is 11.8 Å². The number of nitrogens with zero attached hydrogens (tertiary/aromatic N) is 2. The molecule has 1 saturated carbocycles. The van der Waals surface area contributed by atoms with E-state index in [9.17, 15) is 18.4 Å². The van der Waals surface area contributed by atoms with Gasteiger partial charge in [0.15, 0.2) is 0 Å². The van der Waals surface area contributed by atoms with Gasteiger partial charge < -0.3 is 10.1 Å². The molecule has 0 bridgehead atoms. The second-order valence-electron chi connectivity index (χ2n) is 6.42. The Balaban J connectivity index is 1.94. The summed E-state index contributed by atoms with van der Waals surface area (Å²) in [5, 5.41) is 3.02. The molecule has 1 amide bonds. The zero-order valence-corrected chi connectivity index (χ0v) is 14.3. The van der Waals surface area contributed by atoms with Crippen molar-refractivity contribution < 1.29 is 23.1 Å². The maximum absolute atomic E-state index is 14.4. The summed E-state index contributed by atoms with van der Waals surface area (Å²) in [4.78, 5) is 28.6. The van der Waals surface area contributed by atoms with E-state index in [2.05, 4.69) is 10.3 Å². The van der Waals surface area contributed by atoms with E-state index >= 15 is 0 Å². The molecular formula is C17H21F2N3O3. The molecule has 1 aromatic heterocycles. The number of esters is 1. The molecule has 25 heavy (non-hydrogen) atoms. The van der Waals surface area contributed by atoms with Gasteiger partial charge >= 0.3 is 5.97 Å². The van der Waals surface area contributed by atoms with E-state index in [0.717, 1.165) is 12.8 Å². The number of pyridine rings is 1. The van der Waals surface area contributed by atoms with Crippen molar-refractivity contribution in [2.24, 2.45) is 0 Å². The van der Waals surface area contributed by atoms with E-state index in [-0.39, 0.29) is 54.9 Å². The minimum Gasteiger partial charge on any atom is -0.466 e. The molecule has 1 atom stereocenters. The van der Waals surface area contributed by atoms with Crippen LogP contribution in [0.4, 0.5) is 20.3 Å². The van der Waals surface area contributed by atoms with E-state index in [0.29, 0.717) is 12.0 Å². The first-order chi connectivity index (χ1) is 11.9. The smallest absolute Gasteiger partial charge is 0.305 e. The van der Waals surface area contributed by atoms with Crippen LogP contribution >= 0.6 is 0 Å². The first-order valence-corrected chi connectivity index (χ1v) is 8.51. The summed E-state index contributed by atoms with van der Waals surface area (Å²) in [6, 6.07) is 0.109. The number of aromatic nitrogens is 1. The Morgan fingerprint density at radius 2 is 2.08 bits per heavy atom. The largest absolute Gasteiger partial charge is 0.466 e. The molecule has 8 heteroatoms. The Labute approximate surface area is 144 Å². The minimum absolute atomic E-state index is 0.0719. The van der Waals surface area contributed by atoms with Gasteiger partial charge in [-0.2, -0.15) is 13.8 Å². The van der Waals surface area contributed by atoms with Crippen LogP contribution in [-0.4, -0.2) is 36.1 Å². The second kappa shape index (κ2) is 6.93. The van der Waals surface area contributed by atoms with Gasteiger partial charge in [-0.15, -0.1) is 0 Å². The Kier molecular flexibility index (Phi) is 4.87. The topological polar surface area (TPSA) is 71.5 Å². The maximum atomic E-state index is 14.4. The third kappa shape index (κ3) is 3.57. The highest BCUT2D eigenvalue weighted by atomic mass is 19.2. The van der Waals surface area contributed by atoms with Crippen molar-refractivity contribution in [3.8, 4) is 0 Å². The molecule has 1 unspecified atom stereocenters. The fourth-order valence-corrected chi connectivity index (χ4v) is 3.14. The van der Waals surface area contributed by atoms with E-state index in [1.807, 2.05) is 0 Å². The van der Waals surface area contributed by atoms with E-state index in [4.69, 9.17) is 4.74 Å². The van der Waals surface area contributed by atoms with Gasteiger partial charge in [-0.25, -0.2) is 0 Å². The highest BCUT2D eigenvalue weighted by Crippen LogP contribution is 2.45. The van der Waals surface area contributed by atoms with Gasteiger partial charge in [0, 0.05) is 37.4 Å². The molecule has 0 saturated heterocycles. The first kappa shape index (κ1) is 17.6. The van der Waals surface area contributed by atoms with Crippen LogP contribution in [0, 0.1) is 11.8 Å². The predicted molar refractivity (Wildman–Crippen MR) is 87.4 cm³/mol. The average Bonchev–Trinajstić information content (AvgIpc) is 3.30. The van der Waals surface area contributed by atoms with Gasteiger partial charge in [-0.05, 0) is 26.2 Å². The summed E-state index contributed by atoms with van der Waals surface area (Å²) in [5.74, 6) is -3.06. The molecule has 2 aliphatic rings. The minimum atomic E-state index is -1.22. The van der Waals surface area contributed by atoms with Crippen LogP contribution in [0.25, 0.3) is 0 Å². The molecule has 0 radical (unpaired) electrons. The lowest BCUT2D eigenvalue weighted by Crippen LogP contribution is -2.28. The first-order valence-electron chi connectivity index (χ1n) is 8.51. The van der Waals surface area contributed by atoms with Gasteiger partial charge in [0.1, 0.15) is 5.82 Å². The summed E-state index contributed by atoms with van der Waals surface area (Å²) in [7, 11) is 0. The Hall–Kier alpha value is -2.25. The van der Waals surface area contributed by atoms with Crippen molar-refractivity contribution in [3.63, 3.8) is 0 Å². The highest BCUT2D eigenvalue weighted by Gasteiger charge is 2.38. The summed E-state index contributed by atoms with van der Waals surface area (Å²) < 4.78 is 33.2. The lowest BCUT2D eigenvalue weighted by Gasteiger charge is -2.16. The Morgan fingerprint density at radius 3 is 2.68 bits per heavy atom. The second-order valence-corrected chi connectivity index (χ2v) is 6.42. The summed E-state index contributed by atoms with van der Waals surface area (Å²) in [5.41, 5.74) is 0.549. The highest BCUT2D eigenvalue weighted by molar-refractivity contribution is 5.94. The zero-order chi connectivity index (χ0) is 18.1. The Morgan fingerprint density at radius 1 is 1.36 bits per heavy atom. The van der Waals surface area contributed by atoms with Crippen molar-refractivity contribution in [3.05, 3.63) is 17.3 Å². The van der Waals surface area contributed by atoms with E-state index in [1.54, 1.807) is 6.92 Å². The molecule has 1 aliphatic heterocycles. The van der Waals surface area contributed by atoms with Crippen molar-refractivity contribution in [2.45, 2.75) is 51.5 Å². The van der Waals surface area contributed by atoms with Gasteiger partial charge in [0.2, 0.25) is 11.7 Å². The van der Waals surface area contributed by atoms with Crippen LogP contribution in [0.1, 0.15) is 51.0 Å². The molecule has 136 valence electrons. The Bertz CT molecular complexity index is 707. The van der Waals surface area contributed by atoms with Crippen LogP contribution in [0.3, 0.4) is 0 Å². The third-order valence-electron chi connectivity index (χ3n) is 4.49. The average molecular weight is 353 g/mol. The van der Waals surface area contributed by atoms with Crippen molar-refractivity contribution in [1.82, 2.24) is 4.98 Å². The van der Waals surface area contributed by atoms with Crippen LogP contribution < -0.4 is 10.2 Å². The molecule has 3 rings (SSSR count). The van der Waals surface area contributed by atoms with E-state index in [1.165, 1.54) is 11.8 Å². The lowest BCUT2D eigenvalue weighted by molar-refractivity contribution is -0.143. The number of nitrogens with one attached hydrogen (secondary N) is 1. The maximum Gasteiger partial charge on any atom is 0.305 e. The summed E-state index contributed by atoms with van der Waals surface area (Å²) in [6.45, 7) is 3.61. The van der Waals surface area contributed by atoms with Crippen molar-refractivity contribution in [2.75, 3.05) is 23.4 Å². The standard InChI is InChI=1S/C17H21F2N3O3/c1-3-25-12(24)7-4-10-8-22(9(2)23)17-13(10)15(20-11-5-6-11)14(18)16(19)21-17/h10-11H,3-8H2,1-2H3,(H,20,21). The van der Waals surface area contributed by atoms with Crippen molar-refractivity contribution >= 4 is 23.4 Å². The number of fused-ring (bicyclic) bond motifs is 1. The number of ether oxygens (including phenoxy) is 1. The number of carbonyl (C=O) groups excluding carboxylic acids is 2. The molecule has 1 aliphatic carbocycles. The zero-order valence-electron chi connectivity index (χ0n) is 14.3. The number of amides is 1. The molecule has 1 N–H and O–H groups in total. The molecular weight excluding hydrogens is 332 g/mol. The van der Waals surface area contributed by atoms with Gasteiger partial charge in [-0.3, -0.25) is 14.5 Å². The molecule has 6 nitrogen and oxygen atoms in total. The summed E-state index contributed by atoms with van der Waals surface area (Å²) in [6.07, 6.45) is 2.30. The number of anilines is 2. The van der Waals surface area contributed by atoms with Crippen LogP contribution in [-0.2, 0) is 14.3 Å².